The predicted octanol–water partition coefficient (Wildman–Crippen LogP) is 0.303. The highest BCUT2D eigenvalue weighted by Crippen LogP contribution is 2.11. The molecular formula is C11H16ClN3O3S. The Hall–Kier alpha value is -1.18. The van der Waals surface area contributed by atoms with Crippen LogP contribution in [0.3, 0.4) is 0 Å². The lowest BCUT2D eigenvalue weighted by atomic mass is 10.4. The minimum atomic E-state index is -0.244. The first kappa shape index (κ1) is 15.9. The Balaban J connectivity index is 2.22. The molecule has 106 valence electrons. The molecule has 0 unspecified atom stereocenters. The average Bonchev–Trinajstić information content (AvgIpc) is 2.84. The van der Waals surface area contributed by atoms with Gasteiger partial charge in [-0.15, -0.1) is 22.9 Å². The molecule has 0 bridgehead atoms. The van der Waals surface area contributed by atoms with Crippen LogP contribution < -0.4 is 10.6 Å². The summed E-state index contributed by atoms with van der Waals surface area (Å²) in [5, 5.41) is 7.63. The molecule has 0 saturated heterocycles. The van der Waals surface area contributed by atoms with Crippen LogP contribution in [0.2, 0.25) is 0 Å². The molecule has 1 aromatic rings. The predicted molar refractivity (Wildman–Crippen MR) is 73.3 cm³/mol. The zero-order chi connectivity index (χ0) is 14.1. The van der Waals surface area contributed by atoms with Crippen molar-refractivity contribution in [2.45, 2.75) is 12.3 Å². The minimum Gasteiger partial charge on any atom is -0.383 e. The van der Waals surface area contributed by atoms with Crippen molar-refractivity contribution in [2.24, 2.45) is 0 Å². The monoisotopic (exact) mass is 305 g/mol. The maximum Gasteiger partial charge on any atom is 0.239 e. The second-order valence-corrected chi connectivity index (χ2v) is 4.87. The molecule has 0 spiro atoms. The van der Waals surface area contributed by atoms with Crippen molar-refractivity contribution in [1.29, 1.82) is 0 Å². The van der Waals surface area contributed by atoms with Crippen LogP contribution in [-0.2, 0) is 26.6 Å². The lowest BCUT2D eigenvalue weighted by molar-refractivity contribution is -0.125. The van der Waals surface area contributed by atoms with Gasteiger partial charge in [0.1, 0.15) is 5.01 Å². The third kappa shape index (κ3) is 6.51. The number of methoxy groups -OCH3 is 1. The van der Waals surface area contributed by atoms with Gasteiger partial charge in [-0.2, -0.15) is 0 Å². The van der Waals surface area contributed by atoms with Crippen molar-refractivity contribution >= 4 is 34.8 Å². The molecule has 1 rings (SSSR count). The summed E-state index contributed by atoms with van der Waals surface area (Å²) in [6.07, 6.45) is 0.160. The summed E-state index contributed by atoms with van der Waals surface area (Å²) in [4.78, 5) is 27.0. The molecule has 1 aromatic heterocycles. The van der Waals surface area contributed by atoms with Crippen molar-refractivity contribution in [3.05, 3.63) is 16.1 Å². The summed E-state index contributed by atoms with van der Waals surface area (Å²) in [5.74, 6) is -0.150. The lowest BCUT2D eigenvalue weighted by Gasteiger charge is -2.05. The molecule has 19 heavy (non-hydrogen) atoms. The first-order chi connectivity index (χ1) is 9.15. The second kappa shape index (κ2) is 8.84. The SMILES string of the molecule is COCCNC(=O)CNC(=O)Cc1nc(CCl)cs1. The topological polar surface area (TPSA) is 80.3 Å². The largest absolute Gasteiger partial charge is 0.383 e. The Morgan fingerprint density at radius 1 is 1.42 bits per heavy atom. The lowest BCUT2D eigenvalue weighted by Crippen LogP contribution is -2.38. The van der Waals surface area contributed by atoms with Gasteiger partial charge in [0, 0.05) is 19.0 Å². The highest BCUT2D eigenvalue weighted by atomic mass is 35.5. The number of carbonyl (C=O) groups is 2. The average molecular weight is 306 g/mol. The van der Waals surface area contributed by atoms with E-state index in [1.807, 2.05) is 5.38 Å². The number of hydrogen-bond acceptors (Lipinski definition) is 5. The number of carbonyl (C=O) groups excluding carboxylic acids is 2. The Bertz CT molecular complexity index is 425. The van der Waals surface area contributed by atoms with E-state index in [9.17, 15) is 9.59 Å². The molecule has 0 aromatic carbocycles. The molecule has 0 saturated carbocycles. The first-order valence-electron chi connectivity index (χ1n) is 5.67. The van der Waals surface area contributed by atoms with Crippen LogP contribution in [-0.4, -0.2) is 43.6 Å². The van der Waals surface area contributed by atoms with Gasteiger partial charge in [-0.25, -0.2) is 4.98 Å². The molecular weight excluding hydrogens is 290 g/mol. The zero-order valence-electron chi connectivity index (χ0n) is 10.6. The van der Waals surface area contributed by atoms with Gasteiger partial charge in [-0.05, 0) is 0 Å². The van der Waals surface area contributed by atoms with Gasteiger partial charge in [0.2, 0.25) is 11.8 Å². The van der Waals surface area contributed by atoms with Crippen LogP contribution in [0.4, 0.5) is 0 Å². The van der Waals surface area contributed by atoms with Crippen molar-refractivity contribution in [2.75, 3.05) is 26.8 Å². The van der Waals surface area contributed by atoms with E-state index in [1.54, 1.807) is 7.11 Å². The molecule has 2 N–H and O–H groups in total. The molecule has 1 heterocycles. The van der Waals surface area contributed by atoms with E-state index in [0.29, 0.717) is 24.0 Å². The fourth-order valence-electron chi connectivity index (χ4n) is 1.23. The van der Waals surface area contributed by atoms with Gasteiger partial charge < -0.3 is 15.4 Å². The van der Waals surface area contributed by atoms with E-state index < -0.39 is 0 Å². The smallest absolute Gasteiger partial charge is 0.239 e. The van der Waals surface area contributed by atoms with E-state index in [2.05, 4.69) is 15.6 Å². The number of amides is 2. The number of nitrogens with one attached hydrogen (secondary N) is 2. The highest BCUT2D eigenvalue weighted by Gasteiger charge is 2.09. The van der Waals surface area contributed by atoms with Crippen molar-refractivity contribution in [1.82, 2.24) is 15.6 Å². The molecule has 0 atom stereocenters. The number of hydrogen-bond donors (Lipinski definition) is 2. The Labute approximate surface area is 120 Å². The van der Waals surface area contributed by atoms with E-state index in [4.69, 9.17) is 16.3 Å². The van der Waals surface area contributed by atoms with Crippen LogP contribution in [0.5, 0.6) is 0 Å². The fraction of sp³-hybridized carbons (Fsp3) is 0.545. The van der Waals surface area contributed by atoms with Crippen LogP contribution in [0.15, 0.2) is 5.38 Å². The van der Waals surface area contributed by atoms with Gasteiger partial charge in [0.25, 0.3) is 0 Å². The number of thiazole rings is 1. The van der Waals surface area contributed by atoms with Crippen LogP contribution in [0.25, 0.3) is 0 Å². The van der Waals surface area contributed by atoms with Crippen LogP contribution >= 0.6 is 22.9 Å². The Kier molecular flexibility index (Phi) is 7.39. The summed E-state index contributed by atoms with van der Waals surface area (Å²) in [6, 6.07) is 0. The molecule has 0 aliphatic heterocycles. The number of halogens is 1. The van der Waals surface area contributed by atoms with Gasteiger partial charge in [0.15, 0.2) is 0 Å². The van der Waals surface area contributed by atoms with Crippen molar-refractivity contribution in [3.8, 4) is 0 Å². The van der Waals surface area contributed by atoms with E-state index in [0.717, 1.165) is 5.69 Å². The number of alkyl halides is 1. The number of nitrogens with zero attached hydrogens (tertiary/aromatic N) is 1. The van der Waals surface area contributed by atoms with Gasteiger partial charge in [-0.3, -0.25) is 9.59 Å². The number of rotatable bonds is 8. The molecule has 6 nitrogen and oxygen atoms in total. The van der Waals surface area contributed by atoms with Crippen LogP contribution in [0, 0.1) is 0 Å². The number of aromatic nitrogens is 1. The summed E-state index contributed by atoms with van der Waals surface area (Å²) in [5.41, 5.74) is 0.756. The summed E-state index contributed by atoms with van der Waals surface area (Å²) < 4.78 is 4.79. The van der Waals surface area contributed by atoms with E-state index in [1.165, 1.54) is 11.3 Å². The molecule has 0 radical (unpaired) electrons. The summed E-state index contributed by atoms with van der Waals surface area (Å²) >= 11 is 7.00. The second-order valence-electron chi connectivity index (χ2n) is 3.66. The maximum atomic E-state index is 11.6. The molecule has 0 aliphatic rings. The van der Waals surface area contributed by atoms with Crippen molar-refractivity contribution < 1.29 is 14.3 Å². The van der Waals surface area contributed by atoms with E-state index >= 15 is 0 Å². The van der Waals surface area contributed by atoms with Gasteiger partial charge >= 0.3 is 0 Å². The molecule has 8 heteroatoms. The minimum absolute atomic E-state index is 0.0454. The standard InChI is InChI=1S/C11H16ClN3O3S/c1-18-3-2-13-10(17)6-14-9(16)4-11-15-8(5-12)7-19-11/h7H,2-6H2,1H3,(H,13,17)(H,14,16). The van der Waals surface area contributed by atoms with E-state index in [-0.39, 0.29) is 24.8 Å². The molecule has 0 aliphatic carbocycles. The normalized spacial score (nSPS) is 10.2. The number of ether oxygens (including phenoxy) is 1. The summed E-state index contributed by atoms with van der Waals surface area (Å²) in [6.45, 7) is 0.826. The molecule has 2 amide bonds. The third-order valence-corrected chi connectivity index (χ3v) is 3.29. The zero-order valence-corrected chi connectivity index (χ0v) is 12.1. The first-order valence-corrected chi connectivity index (χ1v) is 7.08. The van der Waals surface area contributed by atoms with Gasteiger partial charge in [0.05, 0.1) is 31.1 Å². The van der Waals surface area contributed by atoms with Gasteiger partial charge in [-0.1, -0.05) is 0 Å². The fourth-order valence-corrected chi connectivity index (χ4v) is 2.25. The summed E-state index contributed by atoms with van der Waals surface area (Å²) in [7, 11) is 1.55. The maximum absolute atomic E-state index is 11.6. The quantitative estimate of drug-likeness (QED) is 0.535. The third-order valence-electron chi connectivity index (χ3n) is 2.12. The van der Waals surface area contributed by atoms with Crippen molar-refractivity contribution in [3.63, 3.8) is 0 Å². The molecule has 0 fully saturated rings. The van der Waals surface area contributed by atoms with Crippen LogP contribution in [0.1, 0.15) is 10.7 Å². The Morgan fingerprint density at radius 3 is 2.84 bits per heavy atom. The Morgan fingerprint density at radius 2 is 2.21 bits per heavy atom. The highest BCUT2D eigenvalue weighted by molar-refractivity contribution is 7.09.